The van der Waals surface area contributed by atoms with Gasteiger partial charge in [-0.05, 0) is 20.0 Å². The first-order valence-corrected chi connectivity index (χ1v) is 6.35. The molecule has 0 spiro atoms. The van der Waals surface area contributed by atoms with Crippen molar-refractivity contribution >= 4 is 9.04 Å². The quantitative estimate of drug-likeness (QED) is 0.479. The molecule has 0 aromatic carbocycles. The van der Waals surface area contributed by atoms with Crippen molar-refractivity contribution in [2.45, 2.75) is 20.0 Å². The molecule has 0 aliphatic carbocycles. The van der Waals surface area contributed by atoms with Gasteiger partial charge in [-0.15, -0.1) is 0 Å². The van der Waals surface area contributed by atoms with E-state index in [0.29, 0.717) is 5.95 Å². The van der Waals surface area contributed by atoms with Gasteiger partial charge in [0.25, 0.3) is 0 Å². The maximum absolute atomic E-state index is 5.46. The number of hydrogen-bond acceptors (Lipinski definition) is 3. The van der Waals surface area contributed by atoms with Crippen LogP contribution in [0.3, 0.4) is 0 Å². The van der Waals surface area contributed by atoms with Crippen LogP contribution in [-0.2, 0) is 13.9 Å². The zero-order valence-corrected chi connectivity index (χ0v) is 8.96. The van der Waals surface area contributed by atoms with Gasteiger partial charge in [-0.1, -0.05) is 0 Å². The third-order valence-corrected chi connectivity index (χ3v) is 1.90. The van der Waals surface area contributed by atoms with Crippen LogP contribution in [0.15, 0.2) is 11.7 Å². The van der Waals surface area contributed by atoms with Crippen molar-refractivity contribution in [3.05, 3.63) is 11.7 Å². The van der Waals surface area contributed by atoms with E-state index in [-0.39, 0.29) is 0 Å². The Labute approximate surface area is 69.7 Å². The number of hydrogen-bond donors (Lipinski definition) is 0. The van der Waals surface area contributed by atoms with Crippen LogP contribution in [0.25, 0.3) is 0 Å². The van der Waals surface area contributed by atoms with E-state index < -0.39 is 9.04 Å². The summed E-state index contributed by atoms with van der Waals surface area (Å²) in [4.78, 5) is 0. The Morgan fingerprint density at radius 3 is 1.82 bits per heavy atom. The monoisotopic (exact) mass is 176 g/mol. The van der Waals surface area contributed by atoms with E-state index in [1.807, 2.05) is 6.92 Å². The third-order valence-electron chi connectivity index (χ3n) is 1.07. The second-order valence-corrected chi connectivity index (χ2v) is 4.75. The SMILES string of the molecule is COC(OC)=C(C)O[SiH](C)C. The highest BCUT2D eigenvalue weighted by molar-refractivity contribution is 6.48. The highest BCUT2D eigenvalue weighted by atomic mass is 28.3. The minimum Gasteiger partial charge on any atom is -0.545 e. The molecule has 0 saturated carbocycles. The molecule has 0 aliphatic heterocycles. The van der Waals surface area contributed by atoms with Gasteiger partial charge >= 0.3 is 5.95 Å². The Hall–Kier alpha value is -0.643. The van der Waals surface area contributed by atoms with Gasteiger partial charge in [0.15, 0.2) is 5.76 Å². The Bertz CT molecular complexity index is 137. The van der Waals surface area contributed by atoms with Crippen molar-refractivity contribution in [1.82, 2.24) is 0 Å². The summed E-state index contributed by atoms with van der Waals surface area (Å²) >= 11 is 0. The lowest BCUT2D eigenvalue weighted by molar-refractivity contribution is 0.0780. The van der Waals surface area contributed by atoms with E-state index in [0.717, 1.165) is 5.76 Å². The van der Waals surface area contributed by atoms with Crippen LogP contribution in [0.1, 0.15) is 6.92 Å². The zero-order valence-electron chi connectivity index (χ0n) is 7.80. The smallest absolute Gasteiger partial charge is 0.316 e. The Kier molecular flexibility index (Phi) is 4.77. The summed E-state index contributed by atoms with van der Waals surface area (Å²) in [5.41, 5.74) is 0. The van der Waals surface area contributed by atoms with E-state index in [1.165, 1.54) is 0 Å². The third kappa shape index (κ3) is 3.93. The van der Waals surface area contributed by atoms with E-state index in [9.17, 15) is 0 Å². The van der Waals surface area contributed by atoms with Crippen molar-refractivity contribution in [3.8, 4) is 0 Å². The molecular weight excluding hydrogens is 160 g/mol. The van der Waals surface area contributed by atoms with E-state index in [1.54, 1.807) is 14.2 Å². The first-order valence-electron chi connectivity index (χ1n) is 3.57. The number of rotatable bonds is 4. The van der Waals surface area contributed by atoms with Crippen molar-refractivity contribution < 1.29 is 13.9 Å². The van der Waals surface area contributed by atoms with Crippen LogP contribution in [0.5, 0.6) is 0 Å². The minimum absolute atomic E-state index is 0.464. The van der Waals surface area contributed by atoms with E-state index in [2.05, 4.69) is 13.1 Å². The molecule has 4 heteroatoms. The van der Waals surface area contributed by atoms with Crippen LogP contribution in [0, 0.1) is 0 Å². The molecule has 0 rings (SSSR count). The first-order chi connectivity index (χ1) is 5.11. The maximum Gasteiger partial charge on any atom is 0.316 e. The summed E-state index contributed by atoms with van der Waals surface area (Å²) in [7, 11) is 2.10. The Morgan fingerprint density at radius 2 is 1.55 bits per heavy atom. The fourth-order valence-corrected chi connectivity index (χ4v) is 1.58. The summed E-state index contributed by atoms with van der Waals surface area (Å²) in [5, 5.41) is 0. The van der Waals surface area contributed by atoms with Crippen LogP contribution in [-0.4, -0.2) is 23.3 Å². The molecule has 0 amide bonds. The first kappa shape index (κ1) is 10.4. The molecule has 0 aromatic heterocycles. The number of allylic oxidation sites excluding steroid dienone is 1. The molecule has 0 saturated heterocycles. The summed E-state index contributed by atoms with van der Waals surface area (Å²) in [5.74, 6) is 1.20. The fraction of sp³-hybridized carbons (Fsp3) is 0.714. The second kappa shape index (κ2) is 5.07. The average molecular weight is 176 g/mol. The van der Waals surface area contributed by atoms with Gasteiger partial charge in [0.05, 0.1) is 14.2 Å². The maximum atomic E-state index is 5.46. The van der Waals surface area contributed by atoms with Crippen molar-refractivity contribution in [2.24, 2.45) is 0 Å². The van der Waals surface area contributed by atoms with Crippen LogP contribution < -0.4 is 0 Å². The van der Waals surface area contributed by atoms with Gasteiger partial charge in [0.2, 0.25) is 9.04 Å². The molecule has 0 N–H and O–H groups in total. The molecule has 0 aliphatic rings. The fourth-order valence-electron chi connectivity index (χ4n) is 0.772. The van der Waals surface area contributed by atoms with Crippen LogP contribution in [0.2, 0.25) is 13.1 Å². The topological polar surface area (TPSA) is 27.7 Å². The number of methoxy groups -OCH3 is 2. The van der Waals surface area contributed by atoms with Crippen LogP contribution >= 0.6 is 0 Å². The summed E-state index contributed by atoms with van der Waals surface area (Å²) < 4.78 is 15.3. The Balaban J connectivity index is 4.11. The molecule has 0 unspecified atom stereocenters. The predicted octanol–water partition coefficient (Wildman–Crippen LogP) is 1.47. The highest BCUT2D eigenvalue weighted by Crippen LogP contribution is 2.07. The largest absolute Gasteiger partial charge is 0.545 e. The molecular formula is C7H16O3Si. The molecule has 66 valence electrons. The van der Waals surface area contributed by atoms with Crippen LogP contribution in [0.4, 0.5) is 0 Å². The Morgan fingerprint density at radius 1 is 1.09 bits per heavy atom. The van der Waals surface area contributed by atoms with Crippen molar-refractivity contribution in [2.75, 3.05) is 14.2 Å². The van der Waals surface area contributed by atoms with Gasteiger partial charge in [0.1, 0.15) is 0 Å². The van der Waals surface area contributed by atoms with E-state index >= 15 is 0 Å². The van der Waals surface area contributed by atoms with E-state index in [4.69, 9.17) is 13.9 Å². The van der Waals surface area contributed by atoms with Gasteiger partial charge in [0, 0.05) is 0 Å². The normalized spacial score (nSPS) is 9.27. The molecule has 0 aromatic rings. The molecule has 3 nitrogen and oxygen atoms in total. The average Bonchev–Trinajstić information content (AvgIpc) is 1.88. The lowest BCUT2D eigenvalue weighted by Crippen LogP contribution is -2.08. The van der Waals surface area contributed by atoms with Gasteiger partial charge in [-0.2, -0.15) is 0 Å². The lowest BCUT2D eigenvalue weighted by Gasteiger charge is -2.12. The lowest BCUT2D eigenvalue weighted by atomic mass is 10.6. The van der Waals surface area contributed by atoms with Crippen molar-refractivity contribution in [3.63, 3.8) is 0 Å². The van der Waals surface area contributed by atoms with Gasteiger partial charge in [-0.25, -0.2) is 0 Å². The minimum atomic E-state index is -1.03. The molecule has 0 bridgehead atoms. The van der Waals surface area contributed by atoms with Crippen molar-refractivity contribution in [1.29, 1.82) is 0 Å². The molecule has 0 radical (unpaired) electrons. The second-order valence-electron chi connectivity index (χ2n) is 2.42. The predicted molar refractivity (Wildman–Crippen MR) is 46.7 cm³/mol. The summed E-state index contributed by atoms with van der Waals surface area (Å²) in [6.45, 7) is 6.02. The van der Waals surface area contributed by atoms with Gasteiger partial charge < -0.3 is 13.9 Å². The zero-order chi connectivity index (χ0) is 8.85. The molecule has 0 fully saturated rings. The summed E-state index contributed by atoms with van der Waals surface area (Å²) in [6.07, 6.45) is 0. The standard InChI is InChI=1S/C7H16O3Si/c1-6(10-11(4)5)7(8-2)9-3/h11H,1-5H3. The summed E-state index contributed by atoms with van der Waals surface area (Å²) in [6, 6.07) is 0. The number of ether oxygens (including phenoxy) is 2. The van der Waals surface area contributed by atoms with Gasteiger partial charge in [-0.3, -0.25) is 0 Å². The highest BCUT2D eigenvalue weighted by Gasteiger charge is 2.05. The molecule has 0 atom stereocenters. The molecule has 11 heavy (non-hydrogen) atoms. The molecule has 0 heterocycles.